The zero-order valence-electron chi connectivity index (χ0n) is 33.4. The molecular formula is C41H66O14. The van der Waals surface area contributed by atoms with Crippen LogP contribution in [0.4, 0.5) is 0 Å². The summed E-state index contributed by atoms with van der Waals surface area (Å²) in [4.78, 5) is 0. The van der Waals surface area contributed by atoms with Crippen LogP contribution in [-0.2, 0) is 28.4 Å². The molecule has 0 aromatic heterocycles. The molecule has 4 heterocycles. The summed E-state index contributed by atoms with van der Waals surface area (Å²) in [6.45, 7) is 14.3. The van der Waals surface area contributed by atoms with Crippen LogP contribution in [-0.4, -0.2) is 145 Å². The Morgan fingerprint density at radius 1 is 0.764 bits per heavy atom. The second-order valence-corrected chi connectivity index (χ2v) is 21.1. The highest BCUT2D eigenvalue weighted by molar-refractivity contribution is 5.34. The van der Waals surface area contributed by atoms with Gasteiger partial charge in [0.15, 0.2) is 18.4 Å². The normalized spacial score (nSPS) is 60.6. The van der Waals surface area contributed by atoms with E-state index < -0.39 is 90.9 Å². The second-order valence-electron chi connectivity index (χ2n) is 21.1. The molecule has 5 saturated carbocycles. The molecule has 0 aromatic rings. The minimum atomic E-state index is -1.61. The lowest BCUT2D eigenvalue weighted by molar-refractivity contribution is -0.362. The van der Waals surface area contributed by atoms with Gasteiger partial charge in [0.25, 0.3) is 0 Å². The van der Waals surface area contributed by atoms with Gasteiger partial charge in [-0.2, -0.15) is 0 Å². The Bertz CT molecular complexity index is 1500. The summed E-state index contributed by atoms with van der Waals surface area (Å²) >= 11 is 0. The van der Waals surface area contributed by atoms with Crippen molar-refractivity contribution >= 4 is 0 Å². The van der Waals surface area contributed by atoms with Crippen LogP contribution in [0.5, 0.6) is 0 Å². The molecular weight excluding hydrogens is 716 g/mol. The summed E-state index contributed by atoms with van der Waals surface area (Å²) in [6.07, 6.45) is -6.96. The lowest BCUT2D eigenvalue weighted by atomic mass is 9.41. The highest BCUT2D eigenvalue weighted by Gasteiger charge is 2.89. The maximum Gasteiger partial charge on any atom is 0.199 e. The van der Waals surface area contributed by atoms with E-state index in [-0.39, 0.29) is 58.2 Å². The fourth-order valence-electron chi connectivity index (χ4n) is 15.5. The number of aliphatic hydroxyl groups excluding tert-OH is 7. The Morgan fingerprint density at radius 2 is 1.44 bits per heavy atom. The van der Waals surface area contributed by atoms with Crippen LogP contribution >= 0.6 is 0 Å². The van der Waals surface area contributed by atoms with E-state index in [1.54, 1.807) is 13.8 Å². The molecule has 4 unspecified atom stereocenters. The molecule has 55 heavy (non-hydrogen) atoms. The van der Waals surface area contributed by atoms with E-state index in [1.165, 1.54) is 0 Å². The second kappa shape index (κ2) is 12.5. The monoisotopic (exact) mass is 782 g/mol. The van der Waals surface area contributed by atoms with E-state index in [0.717, 1.165) is 44.9 Å². The van der Waals surface area contributed by atoms with Crippen molar-refractivity contribution in [3.05, 3.63) is 0 Å². The molecule has 0 aromatic carbocycles. The minimum absolute atomic E-state index is 0.0222. The lowest BCUT2D eigenvalue weighted by Crippen LogP contribution is -2.64. The minimum Gasteiger partial charge on any atom is -0.394 e. The average Bonchev–Trinajstić information content (AvgIpc) is 3.63. The van der Waals surface area contributed by atoms with Crippen LogP contribution in [0, 0.1) is 50.7 Å². The van der Waals surface area contributed by atoms with E-state index in [4.69, 9.17) is 28.4 Å². The zero-order chi connectivity index (χ0) is 39.6. The van der Waals surface area contributed by atoms with Gasteiger partial charge in [-0.15, -0.1) is 0 Å². The fourth-order valence-corrected chi connectivity index (χ4v) is 15.5. The van der Waals surface area contributed by atoms with Gasteiger partial charge in [0.05, 0.1) is 31.0 Å². The van der Waals surface area contributed by atoms with Crippen LogP contribution in [0.3, 0.4) is 0 Å². The van der Waals surface area contributed by atoms with E-state index in [9.17, 15) is 40.9 Å². The standard InChI is InChI=1S/C41H66O14/c1-18-14-20-31(36(4,5)49)55-41(54-20)30(18)37(6)12-13-40-17-39(40)11-10-24(52-32-28(47)25(44)19(43)16-50-32)35(2,3)22(39)8-9-23(40)38(37,7)34(41)53-33-29(48)27(46)26(45)21(15-42)51-33/h18-34,42-49H,8-17H2,1-7H3/t18?,19-,20-,21+,22?,23-,24?,25-,26+,27-,28+,29+,30?,31+,32-,33-,34+,37+,38+,39+,40-,41-/m0/s1. The molecule has 3 spiro atoms. The summed E-state index contributed by atoms with van der Waals surface area (Å²) in [6, 6.07) is 0. The Hall–Kier alpha value is -0.560. The quantitative estimate of drug-likeness (QED) is 0.176. The predicted molar refractivity (Wildman–Crippen MR) is 191 cm³/mol. The summed E-state index contributed by atoms with van der Waals surface area (Å²) in [7, 11) is 0. The van der Waals surface area contributed by atoms with Crippen molar-refractivity contribution in [1.82, 2.24) is 0 Å². The van der Waals surface area contributed by atoms with E-state index in [1.807, 2.05) is 0 Å². The molecule has 9 rings (SSSR count). The van der Waals surface area contributed by atoms with Gasteiger partial charge < -0.3 is 69.3 Å². The van der Waals surface area contributed by atoms with Crippen LogP contribution in [0.15, 0.2) is 0 Å². The first-order chi connectivity index (χ1) is 25.6. The maximum atomic E-state index is 11.5. The molecule has 2 bridgehead atoms. The first-order valence-electron chi connectivity index (χ1n) is 21.0. The van der Waals surface area contributed by atoms with Gasteiger partial charge in [-0.1, -0.05) is 34.6 Å². The maximum absolute atomic E-state index is 11.5. The van der Waals surface area contributed by atoms with Crippen LogP contribution < -0.4 is 0 Å². The number of hydrogen-bond acceptors (Lipinski definition) is 14. The summed E-state index contributed by atoms with van der Waals surface area (Å²) in [5.41, 5.74) is -2.43. The van der Waals surface area contributed by atoms with E-state index >= 15 is 0 Å². The molecule has 8 N–H and O–H groups in total. The van der Waals surface area contributed by atoms with Gasteiger partial charge in [-0.25, -0.2) is 0 Å². The van der Waals surface area contributed by atoms with E-state index in [0.29, 0.717) is 12.3 Å². The van der Waals surface area contributed by atoms with Crippen LogP contribution in [0.25, 0.3) is 0 Å². The highest BCUT2D eigenvalue weighted by atomic mass is 16.8. The Morgan fingerprint density at radius 3 is 2.13 bits per heavy atom. The molecule has 0 amide bonds. The van der Waals surface area contributed by atoms with Gasteiger partial charge >= 0.3 is 0 Å². The third kappa shape index (κ3) is 4.98. The summed E-state index contributed by atoms with van der Waals surface area (Å²) in [5.74, 6) is -0.778. The molecule has 4 aliphatic heterocycles. The van der Waals surface area contributed by atoms with Gasteiger partial charge in [0, 0.05) is 11.3 Å². The Labute approximate surface area is 323 Å². The smallest absolute Gasteiger partial charge is 0.199 e. The van der Waals surface area contributed by atoms with Crippen molar-refractivity contribution in [1.29, 1.82) is 0 Å². The van der Waals surface area contributed by atoms with E-state index in [2.05, 4.69) is 34.6 Å². The van der Waals surface area contributed by atoms with Gasteiger partial charge in [-0.3, -0.25) is 0 Å². The molecule has 22 atom stereocenters. The topological polar surface area (TPSA) is 217 Å². The van der Waals surface area contributed by atoms with Crippen molar-refractivity contribution in [3.63, 3.8) is 0 Å². The molecule has 5 aliphatic carbocycles. The van der Waals surface area contributed by atoms with Crippen molar-refractivity contribution < 1.29 is 69.3 Å². The third-order valence-corrected chi connectivity index (χ3v) is 18.0. The fraction of sp³-hybridized carbons (Fsp3) is 1.00. The molecule has 14 heteroatoms. The molecule has 14 nitrogen and oxygen atoms in total. The molecule has 4 saturated heterocycles. The molecule has 9 aliphatic rings. The number of ether oxygens (including phenoxy) is 6. The first-order valence-corrected chi connectivity index (χ1v) is 21.0. The van der Waals surface area contributed by atoms with Gasteiger partial charge in [0.2, 0.25) is 0 Å². The third-order valence-electron chi connectivity index (χ3n) is 18.0. The number of aliphatic hydroxyl groups is 8. The predicted octanol–water partition coefficient (Wildman–Crippen LogP) is 0.946. The summed E-state index contributed by atoms with van der Waals surface area (Å²) < 4.78 is 39.6. The largest absolute Gasteiger partial charge is 0.394 e. The Balaban J connectivity index is 1.08. The number of rotatable bonds is 6. The van der Waals surface area contributed by atoms with Gasteiger partial charge in [0.1, 0.15) is 54.9 Å². The van der Waals surface area contributed by atoms with Crippen molar-refractivity contribution in [2.75, 3.05) is 13.2 Å². The van der Waals surface area contributed by atoms with Crippen molar-refractivity contribution in [2.24, 2.45) is 50.7 Å². The van der Waals surface area contributed by atoms with Crippen molar-refractivity contribution in [2.45, 2.75) is 191 Å². The number of hydrogen-bond donors (Lipinski definition) is 8. The first kappa shape index (κ1) is 39.9. The SMILES string of the molecule is CC1C[C@@H]2O[C@]3(O[C@H]2C(C)(C)O)C1[C@@]1(C)CC[C@@]24C[C@@]25CCC(O[C@@H]2OC[C@H](O)[C@H](O)[C@H]2O)C(C)(C)C5CC[C@H]4[C@]1(C)[C@H]3O[C@@H]1O[C@H](CO)[C@@H](O)[C@H](O)[C@H]1O. The zero-order valence-corrected chi connectivity index (χ0v) is 33.4. The van der Waals surface area contributed by atoms with Crippen molar-refractivity contribution in [3.8, 4) is 0 Å². The van der Waals surface area contributed by atoms with Crippen LogP contribution in [0.2, 0.25) is 0 Å². The van der Waals surface area contributed by atoms with Crippen LogP contribution in [0.1, 0.15) is 99.8 Å². The molecule has 9 fully saturated rings. The average molecular weight is 783 g/mol. The Kier molecular flexibility index (Phi) is 9.06. The molecule has 0 radical (unpaired) electrons. The lowest BCUT2D eigenvalue weighted by Gasteiger charge is -2.64. The van der Waals surface area contributed by atoms with Gasteiger partial charge in [-0.05, 0) is 105 Å². The number of fused-ring (bicyclic) bond motifs is 4. The summed E-state index contributed by atoms with van der Waals surface area (Å²) in [5, 5.41) is 85.7. The molecule has 314 valence electrons. The highest BCUT2D eigenvalue weighted by Crippen LogP contribution is 2.90.